The summed E-state index contributed by atoms with van der Waals surface area (Å²) in [6.45, 7) is 9.34. The molecular weight excluding hydrogens is 1030 g/mol. The van der Waals surface area contributed by atoms with Crippen LogP contribution in [-0.4, -0.2) is 0 Å². The van der Waals surface area contributed by atoms with Gasteiger partial charge in [-0.05, 0) is 203 Å². The highest BCUT2D eigenvalue weighted by Gasteiger charge is 2.37. The van der Waals surface area contributed by atoms with Gasteiger partial charge in [0.2, 0.25) is 0 Å². The molecule has 15 aromatic rings. The van der Waals surface area contributed by atoms with Crippen molar-refractivity contribution in [1.82, 2.24) is 0 Å². The van der Waals surface area contributed by atoms with E-state index in [0.29, 0.717) is 0 Å². The Hall–Kier alpha value is -10.1. The Morgan fingerprint density at radius 3 is 1.45 bits per heavy atom. The zero-order valence-corrected chi connectivity index (χ0v) is 48.2. The summed E-state index contributed by atoms with van der Waals surface area (Å²) in [5.41, 5.74) is 21.6. The van der Waals surface area contributed by atoms with Crippen molar-refractivity contribution in [2.75, 3.05) is 9.80 Å². The van der Waals surface area contributed by atoms with Gasteiger partial charge in [0.05, 0.1) is 5.69 Å². The van der Waals surface area contributed by atoms with Crippen molar-refractivity contribution >= 4 is 109 Å². The van der Waals surface area contributed by atoms with Gasteiger partial charge in [0.1, 0.15) is 0 Å². The minimum atomic E-state index is -0.251. The van der Waals surface area contributed by atoms with E-state index < -0.39 is 0 Å². The molecule has 1 aliphatic carbocycles. The Labute approximate surface area is 494 Å². The molecule has 0 radical (unpaired) electrons. The zero-order valence-electron chi connectivity index (χ0n) is 47.4. The van der Waals surface area contributed by atoms with Gasteiger partial charge in [0, 0.05) is 59.4 Å². The van der Waals surface area contributed by atoms with Crippen molar-refractivity contribution in [2.45, 2.75) is 33.1 Å². The van der Waals surface area contributed by atoms with E-state index in [1.807, 2.05) is 11.3 Å². The molecule has 1 aromatic heterocycles. The van der Waals surface area contributed by atoms with Crippen LogP contribution < -0.4 is 9.80 Å². The number of hydrogen-bond acceptors (Lipinski definition) is 3. The number of benzene rings is 14. The number of thiophene rings is 1. The molecule has 2 nitrogen and oxygen atoms in total. The second-order valence-corrected chi connectivity index (χ2v) is 24.3. The highest BCUT2D eigenvalue weighted by Crippen LogP contribution is 2.53. The Morgan fingerprint density at radius 1 is 0.286 bits per heavy atom. The molecule has 398 valence electrons. The van der Waals surface area contributed by atoms with Crippen molar-refractivity contribution in [3.8, 4) is 44.5 Å². The first kappa shape index (κ1) is 49.7. The lowest BCUT2D eigenvalue weighted by molar-refractivity contribution is 0.660. The van der Waals surface area contributed by atoms with Crippen LogP contribution in [0.25, 0.3) is 108 Å². The summed E-state index contributed by atoms with van der Waals surface area (Å²) in [5.74, 6) is 0. The van der Waals surface area contributed by atoms with Gasteiger partial charge in [-0.3, -0.25) is 0 Å². The number of para-hydroxylation sites is 1. The van der Waals surface area contributed by atoms with E-state index in [0.717, 1.165) is 34.1 Å². The molecule has 84 heavy (non-hydrogen) atoms. The summed E-state index contributed by atoms with van der Waals surface area (Å²) < 4.78 is 2.67. The summed E-state index contributed by atoms with van der Waals surface area (Å²) >= 11 is 1.90. The molecule has 0 bridgehead atoms. The summed E-state index contributed by atoms with van der Waals surface area (Å²) in [4.78, 5) is 4.86. The van der Waals surface area contributed by atoms with E-state index in [-0.39, 0.29) is 5.41 Å². The second-order valence-electron chi connectivity index (χ2n) is 23.3. The van der Waals surface area contributed by atoms with Gasteiger partial charge in [-0.15, -0.1) is 11.3 Å². The van der Waals surface area contributed by atoms with Crippen LogP contribution in [0.4, 0.5) is 34.1 Å². The molecule has 0 fully saturated rings. The Bertz CT molecular complexity index is 5100. The maximum atomic E-state index is 2.47. The quantitative estimate of drug-likeness (QED) is 0.133. The fourth-order valence-corrected chi connectivity index (χ4v) is 15.2. The third kappa shape index (κ3) is 7.98. The van der Waals surface area contributed by atoms with Gasteiger partial charge in [0.15, 0.2) is 0 Å². The monoisotopic (exact) mass is 1090 g/mol. The third-order valence-electron chi connectivity index (χ3n) is 18.1. The van der Waals surface area contributed by atoms with Crippen molar-refractivity contribution in [3.63, 3.8) is 0 Å². The van der Waals surface area contributed by atoms with Gasteiger partial charge in [-0.1, -0.05) is 208 Å². The average Bonchev–Trinajstić information content (AvgIpc) is 2.66. The first-order chi connectivity index (χ1) is 41.2. The van der Waals surface area contributed by atoms with E-state index >= 15 is 0 Å². The Balaban J connectivity index is 0.794. The van der Waals surface area contributed by atoms with E-state index in [4.69, 9.17) is 0 Å². The molecule has 16 rings (SSSR count). The zero-order chi connectivity index (χ0) is 56.2. The summed E-state index contributed by atoms with van der Waals surface area (Å²) in [6.07, 6.45) is 0. The van der Waals surface area contributed by atoms with Crippen LogP contribution in [0.5, 0.6) is 0 Å². The summed E-state index contributed by atoms with van der Waals surface area (Å²) in [7, 11) is 0. The first-order valence-corrected chi connectivity index (χ1v) is 30.0. The topological polar surface area (TPSA) is 6.48 Å². The lowest BCUT2D eigenvalue weighted by Gasteiger charge is -2.29. The van der Waals surface area contributed by atoms with Gasteiger partial charge in [-0.2, -0.15) is 0 Å². The Morgan fingerprint density at radius 2 is 0.762 bits per heavy atom. The second kappa shape index (κ2) is 19.6. The molecule has 0 spiro atoms. The number of aryl methyl sites for hydroxylation is 2. The Kier molecular flexibility index (Phi) is 11.6. The highest BCUT2D eigenvalue weighted by molar-refractivity contribution is 7.26. The van der Waals surface area contributed by atoms with E-state index in [9.17, 15) is 0 Å². The number of anilines is 6. The van der Waals surface area contributed by atoms with Gasteiger partial charge < -0.3 is 9.80 Å². The maximum Gasteiger partial charge on any atom is 0.0540 e. The van der Waals surface area contributed by atoms with Crippen molar-refractivity contribution in [2.24, 2.45) is 0 Å². The maximum absolute atomic E-state index is 2.47. The standard InChI is InChI=1S/C81H58N2S/c1-51-46-59(38-43-62(51)63-44-39-60(47-52(63)2)83(57-20-6-5-7-21-57)78-30-16-19-54-18-8-9-22-64(54)78)82(58-36-32-53(33-37-58)55-34-41-70-68-25-11-10-23-66(68)67-24-12-13-26-69(67)75(70)48-55)61-40-45-72-71-42-35-56(49-76(71)81(3,4)77(72)50-61)65-28-17-29-74-73-27-14-15-31-79(73)84-80(65)74/h5-50H,1-4H3. The molecule has 0 atom stereocenters. The fourth-order valence-electron chi connectivity index (χ4n) is 13.9. The van der Waals surface area contributed by atoms with Crippen LogP contribution in [0.2, 0.25) is 0 Å². The molecule has 14 aromatic carbocycles. The third-order valence-corrected chi connectivity index (χ3v) is 19.3. The number of rotatable bonds is 9. The molecular formula is C81H58N2S. The van der Waals surface area contributed by atoms with Crippen LogP contribution in [0.1, 0.15) is 36.1 Å². The number of fused-ring (bicyclic) bond motifs is 13. The lowest BCUT2D eigenvalue weighted by Crippen LogP contribution is -2.16. The van der Waals surface area contributed by atoms with E-state index in [2.05, 4.69) is 317 Å². The molecule has 1 aliphatic rings. The molecule has 0 aliphatic heterocycles. The first-order valence-electron chi connectivity index (χ1n) is 29.2. The van der Waals surface area contributed by atoms with Crippen LogP contribution in [0.15, 0.2) is 279 Å². The molecule has 0 N–H and O–H groups in total. The number of nitrogens with zero attached hydrogens (tertiary/aromatic N) is 2. The minimum Gasteiger partial charge on any atom is -0.310 e. The van der Waals surface area contributed by atoms with Gasteiger partial charge in [0.25, 0.3) is 0 Å². The van der Waals surface area contributed by atoms with Gasteiger partial charge >= 0.3 is 0 Å². The summed E-state index contributed by atoms with van der Waals surface area (Å²) in [6, 6.07) is 104. The highest BCUT2D eigenvalue weighted by atomic mass is 32.1. The molecule has 0 saturated carbocycles. The average molecular weight is 1090 g/mol. The molecule has 0 saturated heterocycles. The lowest BCUT2D eigenvalue weighted by atomic mass is 9.81. The van der Waals surface area contributed by atoms with E-state index in [1.165, 1.54) is 130 Å². The van der Waals surface area contributed by atoms with Crippen molar-refractivity contribution in [3.05, 3.63) is 301 Å². The predicted octanol–water partition coefficient (Wildman–Crippen LogP) is 23.5. The van der Waals surface area contributed by atoms with Gasteiger partial charge in [-0.25, -0.2) is 0 Å². The van der Waals surface area contributed by atoms with Crippen LogP contribution in [0.3, 0.4) is 0 Å². The molecule has 1 heterocycles. The normalized spacial score (nSPS) is 12.6. The molecule has 0 unspecified atom stereocenters. The van der Waals surface area contributed by atoms with E-state index in [1.54, 1.807) is 0 Å². The van der Waals surface area contributed by atoms with Crippen LogP contribution in [-0.2, 0) is 5.41 Å². The SMILES string of the molecule is Cc1cc(N(c2ccc(-c3ccc4c5ccccc5c5ccccc5c4c3)cc2)c2ccc3c(c2)C(C)(C)c2cc(-c4cccc5c4sc4ccccc45)ccc2-3)ccc1-c1ccc(N(c2ccccc2)c2cccc3ccccc23)cc1C. The van der Waals surface area contributed by atoms with Crippen molar-refractivity contribution < 1.29 is 0 Å². The molecule has 0 amide bonds. The predicted molar refractivity (Wildman–Crippen MR) is 362 cm³/mol. The largest absolute Gasteiger partial charge is 0.310 e. The van der Waals surface area contributed by atoms with Crippen LogP contribution >= 0.6 is 11.3 Å². The smallest absolute Gasteiger partial charge is 0.0540 e. The van der Waals surface area contributed by atoms with Crippen LogP contribution in [0, 0.1) is 13.8 Å². The minimum absolute atomic E-state index is 0.251. The number of hydrogen-bond donors (Lipinski definition) is 0. The van der Waals surface area contributed by atoms with Crippen molar-refractivity contribution in [1.29, 1.82) is 0 Å². The molecule has 3 heteroatoms. The fraction of sp³-hybridized carbons (Fsp3) is 0.0617. The summed E-state index contributed by atoms with van der Waals surface area (Å²) in [5, 5.41) is 12.8.